The number of hydrogen-bond donors (Lipinski definition) is 1. The van der Waals surface area contributed by atoms with Crippen molar-refractivity contribution in [1.29, 1.82) is 0 Å². The molecule has 1 N–H and O–H groups in total. The van der Waals surface area contributed by atoms with Crippen LogP contribution in [-0.2, 0) is 20.8 Å². The Labute approximate surface area is 116 Å². The minimum absolute atomic E-state index is 0.117. The van der Waals surface area contributed by atoms with Gasteiger partial charge in [0.25, 0.3) is 0 Å². The normalized spacial score (nSPS) is 11.6. The summed E-state index contributed by atoms with van der Waals surface area (Å²) in [7, 11) is 1.00. The van der Waals surface area contributed by atoms with Crippen LogP contribution in [0.4, 0.5) is 0 Å². The molecular formula is C15H26O4. The second-order valence-corrected chi connectivity index (χ2v) is 3.79. The highest BCUT2D eigenvalue weighted by atomic mass is 16.7. The molecule has 0 saturated carbocycles. The minimum Gasteiger partial charge on any atom is -0.400 e. The third-order valence-electron chi connectivity index (χ3n) is 2.30. The van der Waals surface area contributed by atoms with E-state index in [2.05, 4.69) is 12.1 Å². The fourth-order valence-corrected chi connectivity index (χ4v) is 1.46. The summed E-state index contributed by atoms with van der Waals surface area (Å²) in [5.74, 6) is 0. The van der Waals surface area contributed by atoms with Crippen molar-refractivity contribution >= 4 is 0 Å². The Bertz CT molecular complexity index is 277. The first-order valence-electron chi connectivity index (χ1n) is 6.62. The fourth-order valence-electron chi connectivity index (χ4n) is 1.46. The molecule has 1 atom stereocenters. The molecule has 110 valence electrons. The fraction of sp³-hybridized carbons (Fsp3) is 0.600. The van der Waals surface area contributed by atoms with E-state index < -0.39 is 0 Å². The van der Waals surface area contributed by atoms with Crippen LogP contribution in [0.1, 0.15) is 25.8 Å². The summed E-state index contributed by atoms with van der Waals surface area (Å²) in [6.07, 6.45) is 0.777. The molecule has 0 bridgehead atoms. The number of ether oxygens (including phenoxy) is 3. The SMILES string of the molecule is CCOC(C)OCCCOCc1ccccc1.CO. The van der Waals surface area contributed by atoms with E-state index in [0.717, 1.165) is 13.5 Å². The van der Waals surface area contributed by atoms with Crippen LogP contribution >= 0.6 is 0 Å². The van der Waals surface area contributed by atoms with Crippen LogP contribution in [-0.4, -0.2) is 38.3 Å². The Hall–Kier alpha value is -0.940. The molecule has 4 heteroatoms. The highest BCUT2D eigenvalue weighted by molar-refractivity contribution is 5.13. The highest BCUT2D eigenvalue weighted by Crippen LogP contribution is 2.01. The summed E-state index contributed by atoms with van der Waals surface area (Å²) < 4.78 is 16.2. The van der Waals surface area contributed by atoms with Gasteiger partial charge in [-0.05, 0) is 25.8 Å². The van der Waals surface area contributed by atoms with E-state index in [-0.39, 0.29) is 6.29 Å². The van der Waals surface area contributed by atoms with Crippen molar-refractivity contribution in [3.05, 3.63) is 35.9 Å². The lowest BCUT2D eigenvalue weighted by Gasteiger charge is -2.12. The van der Waals surface area contributed by atoms with Crippen LogP contribution in [0.3, 0.4) is 0 Å². The van der Waals surface area contributed by atoms with Gasteiger partial charge in [-0.2, -0.15) is 0 Å². The summed E-state index contributed by atoms with van der Waals surface area (Å²) in [4.78, 5) is 0. The van der Waals surface area contributed by atoms with Crippen molar-refractivity contribution in [2.45, 2.75) is 33.2 Å². The van der Waals surface area contributed by atoms with Gasteiger partial charge in [-0.1, -0.05) is 30.3 Å². The van der Waals surface area contributed by atoms with Crippen molar-refractivity contribution in [2.75, 3.05) is 26.9 Å². The van der Waals surface area contributed by atoms with E-state index in [1.54, 1.807) is 0 Å². The van der Waals surface area contributed by atoms with Crippen molar-refractivity contribution in [3.63, 3.8) is 0 Å². The van der Waals surface area contributed by atoms with E-state index in [1.165, 1.54) is 5.56 Å². The van der Waals surface area contributed by atoms with E-state index in [1.807, 2.05) is 32.0 Å². The Balaban J connectivity index is 0.00000154. The first kappa shape index (κ1) is 18.1. The predicted octanol–water partition coefficient (Wildman–Crippen LogP) is 2.60. The zero-order valence-corrected chi connectivity index (χ0v) is 12.2. The van der Waals surface area contributed by atoms with Crippen molar-refractivity contribution in [3.8, 4) is 0 Å². The van der Waals surface area contributed by atoms with Gasteiger partial charge in [0.2, 0.25) is 0 Å². The van der Waals surface area contributed by atoms with Gasteiger partial charge in [-0.25, -0.2) is 0 Å². The lowest BCUT2D eigenvalue weighted by molar-refractivity contribution is -0.129. The van der Waals surface area contributed by atoms with Gasteiger partial charge in [-0.15, -0.1) is 0 Å². The first-order chi connectivity index (χ1) is 9.33. The number of benzene rings is 1. The smallest absolute Gasteiger partial charge is 0.154 e. The van der Waals surface area contributed by atoms with Crippen molar-refractivity contribution < 1.29 is 19.3 Å². The van der Waals surface area contributed by atoms with Crippen LogP contribution in [0, 0.1) is 0 Å². The molecule has 1 rings (SSSR count). The zero-order chi connectivity index (χ0) is 14.3. The molecule has 0 saturated heterocycles. The second-order valence-electron chi connectivity index (χ2n) is 3.79. The Kier molecular flexibility index (Phi) is 12.8. The summed E-state index contributed by atoms with van der Waals surface area (Å²) in [5.41, 5.74) is 1.20. The molecular weight excluding hydrogens is 244 g/mol. The number of rotatable bonds is 9. The Morgan fingerprint density at radius 1 is 1.05 bits per heavy atom. The monoisotopic (exact) mass is 270 g/mol. The van der Waals surface area contributed by atoms with E-state index in [4.69, 9.17) is 19.3 Å². The Morgan fingerprint density at radius 3 is 2.37 bits per heavy atom. The average Bonchev–Trinajstić information content (AvgIpc) is 2.46. The maximum atomic E-state index is 7.00. The van der Waals surface area contributed by atoms with Crippen molar-refractivity contribution in [2.24, 2.45) is 0 Å². The summed E-state index contributed by atoms with van der Waals surface area (Å²) in [6.45, 7) is 6.62. The van der Waals surface area contributed by atoms with Gasteiger partial charge in [0.1, 0.15) is 0 Å². The summed E-state index contributed by atoms with van der Waals surface area (Å²) >= 11 is 0. The first-order valence-corrected chi connectivity index (χ1v) is 6.62. The van der Waals surface area contributed by atoms with E-state index in [9.17, 15) is 0 Å². The topological polar surface area (TPSA) is 47.9 Å². The second kappa shape index (κ2) is 13.5. The molecule has 0 radical (unpaired) electrons. The van der Waals surface area contributed by atoms with Gasteiger partial charge in [0.05, 0.1) is 13.2 Å². The van der Waals surface area contributed by atoms with Crippen LogP contribution < -0.4 is 0 Å². The Morgan fingerprint density at radius 2 is 1.74 bits per heavy atom. The van der Waals surface area contributed by atoms with Gasteiger partial charge >= 0.3 is 0 Å². The van der Waals surface area contributed by atoms with Crippen LogP contribution in [0.15, 0.2) is 30.3 Å². The number of aliphatic hydroxyl groups excluding tert-OH is 1. The van der Waals surface area contributed by atoms with Crippen LogP contribution in [0.5, 0.6) is 0 Å². The molecule has 1 aromatic rings. The van der Waals surface area contributed by atoms with Gasteiger partial charge in [0, 0.05) is 20.3 Å². The molecule has 1 aromatic carbocycles. The summed E-state index contributed by atoms with van der Waals surface area (Å²) in [5, 5.41) is 7.00. The van der Waals surface area contributed by atoms with Crippen LogP contribution in [0.25, 0.3) is 0 Å². The average molecular weight is 270 g/mol. The molecule has 0 aliphatic carbocycles. The quantitative estimate of drug-likeness (QED) is 0.553. The van der Waals surface area contributed by atoms with Crippen molar-refractivity contribution in [1.82, 2.24) is 0 Å². The molecule has 1 unspecified atom stereocenters. The third kappa shape index (κ3) is 10.7. The zero-order valence-electron chi connectivity index (χ0n) is 12.2. The lowest BCUT2D eigenvalue weighted by atomic mass is 10.2. The van der Waals surface area contributed by atoms with Gasteiger partial charge in [-0.3, -0.25) is 0 Å². The number of hydrogen-bond acceptors (Lipinski definition) is 4. The lowest BCUT2D eigenvalue weighted by Crippen LogP contribution is -2.14. The maximum Gasteiger partial charge on any atom is 0.154 e. The molecule has 0 heterocycles. The van der Waals surface area contributed by atoms with Gasteiger partial charge in [0.15, 0.2) is 6.29 Å². The molecule has 0 aliphatic heterocycles. The van der Waals surface area contributed by atoms with Gasteiger partial charge < -0.3 is 19.3 Å². The molecule has 0 aliphatic rings. The molecule has 0 fully saturated rings. The minimum atomic E-state index is -0.117. The molecule has 0 aromatic heterocycles. The maximum absolute atomic E-state index is 7.00. The molecule has 19 heavy (non-hydrogen) atoms. The largest absolute Gasteiger partial charge is 0.400 e. The standard InChI is InChI=1S/C14H22O3.CH4O/c1-3-16-13(2)17-11-7-10-15-12-14-8-5-4-6-9-14;1-2/h4-6,8-9,13H,3,7,10-12H2,1-2H3;2H,1H3. The third-order valence-corrected chi connectivity index (χ3v) is 2.30. The van der Waals surface area contributed by atoms with E-state index in [0.29, 0.717) is 26.4 Å². The molecule has 0 spiro atoms. The number of aliphatic hydroxyl groups is 1. The van der Waals surface area contributed by atoms with E-state index >= 15 is 0 Å². The predicted molar refractivity (Wildman–Crippen MR) is 75.9 cm³/mol. The highest BCUT2D eigenvalue weighted by Gasteiger charge is 1.99. The molecule has 0 amide bonds. The van der Waals surface area contributed by atoms with Crippen LogP contribution in [0.2, 0.25) is 0 Å². The summed E-state index contributed by atoms with van der Waals surface area (Å²) in [6, 6.07) is 10.2. The molecule has 4 nitrogen and oxygen atoms in total.